The van der Waals surface area contributed by atoms with Crippen LogP contribution in [0.2, 0.25) is 0 Å². The summed E-state index contributed by atoms with van der Waals surface area (Å²) >= 11 is 0. The second kappa shape index (κ2) is 11.1. The van der Waals surface area contributed by atoms with E-state index in [0.717, 1.165) is 18.5 Å². The van der Waals surface area contributed by atoms with Crippen LogP contribution in [0, 0.1) is 6.92 Å². The number of rotatable bonds is 10. The van der Waals surface area contributed by atoms with Crippen molar-refractivity contribution in [3.8, 4) is 0 Å². The fourth-order valence-electron chi connectivity index (χ4n) is 2.80. The summed E-state index contributed by atoms with van der Waals surface area (Å²) in [6.07, 6.45) is 4.00. The van der Waals surface area contributed by atoms with E-state index in [-0.39, 0.29) is 18.3 Å². The van der Waals surface area contributed by atoms with E-state index in [1.807, 2.05) is 18.2 Å². The van der Waals surface area contributed by atoms with Crippen molar-refractivity contribution in [2.24, 2.45) is 0 Å². The Hall–Kier alpha value is -2.69. The van der Waals surface area contributed by atoms with Crippen LogP contribution in [0.1, 0.15) is 43.0 Å². The van der Waals surface area contributed by atoms with Crippen LogP contribution in [0.5, 0.6) is 0 Å². The molecular formula is C22H28N2O3. The van der Waals surface area contributed by atoms with Crippen molar-refractivity contribution >= 4 is 11.9 Å². The van der Waals surface area contributed by atoms with Gasteiger partial charge < -0.3 is 9.64 Å². The van der Waals surface area contributed by atoms with Gasteiger partial charge in [-0.2, -0.15) is 0 Å². The van der Waals surface area contributed by atoms with Gasteiger partial charge in [0.05, 0.1) is 25.3 Å². The van der Waals surface area contributed by atoms with E-state index < -0.39 is 0 Å². The predicted molar refractivity (Wildman–Crippen MR) is 105 cm³/mol. The number of aryl methyl sites for hydroxylation is 2. The van der Waals surface area contributed by atoms with E-state index >= 15 is 0 Å². The molecule has 1 heterocycles. The molecule has 0 aliphatic heterocycles. The molecule has 2 rings (SSSR count). The predicted octanol–water partition coefficient (Wildman–Crippen LogP) is 3.69. The van der Waals surface area contributed by atoms with Crippen LogP contribution in [0.3, 0.4) is 0 Å². The van der Waals surface area contributed by atoms with Crippen LogP contribution < -0.4 is 0 Å². The Labute approximate surface area is 161 Å². The second-order valence-electron chi connectivity index (χ2n) is 6.53. The number of nitrogens with zero attached hydrogens (tertiary/aromatic N) is 2. The maximum atomic E-state index is 12.7. The second-order valence-corrected chi connectivity index (χ2v) is 6.53. The molecule has 0 aliphatic rings. The Balaban J connectivity index is 1.90. The molecule has 27 heavy (non-hydrogen) atoms. The molecule has 0 saturated carbocycles. The summed E-state index contributed by atoms with van der Waals surface area (Å²) < 4.78 is 4.98. The number of benzene rings is 1. The van der Waals surface area contributed by atoms with Gasteiger partial charge in [0.15, 0.2) is 0 Å². The third kappa shape index (κ3) is 7.60. The first-order chi connectivity index (χ1) is 13.1. The van der Waals surface area contributed by atoms with Gasteiger partial charge >= 0.3 is 5.97 Å². The fourth-order valence-corrected chi connectivity index (χ4v) is 2.80. The van der Waals surface area contributed by atoms with Crippen molar-refractivity contribution in [3.63, 3.8) is 0 Å². The minimum Gasteiger partial charge on any atom is -0.466 e. The summed E-state index contributed by atoms with van der Waals surface area (Å²) in [6.45, 7) is 4.94. The number of hydrogen-bond acceptors (Lipinski definition) is 4. The van der Waals surface area contributed by atoms with Gasteiger partial charge in [0.1, 0.15) is 0 Å². The van der Waals surface area contributed by atoms with E-state index in [1.165, 1.54) is 11.1 Å². The topological polar surface area (TPSA) is 59.5 Å². The van der Waals surface area contributed by atoms with Gasteiger partial charge in [-0.3, -0.25) is 14.6 Å². The highest BCUT2D eigenvalue weighted by atomic mass is 16.5. The van der Waals surface area contributed by atoms with E-state index in [1.54, 1.807) is 18.0 Å². The standard InChI is InChI=1S/C22H28N2O3/c1-3-27-22(26)14-16-24(17-20-8-4-5-15-23-20)21(25)9-6-7-19-12-10-18(2)11-13-19/h4-5,8,10-13,15H,3,6-7,9,14,16-17H2,1-2H3. The molecule has 0 fully saturated rings. The van der Waals surface area contributed by atoms with E-state index in [2.05, 4.69) is 36.2 Å². The van der Waals surface area contributed by atoms with E-state index in [0.29, 0.717) is 26.1 Å². The maximum Gasteiger partial charge on any atom is 0.307 e. The largest absolute Gasteiger partial charge is 0.466 e. The van der Waals surface area contributed by atoms with E-state index in [9.17, 15) is 9.59 Å². The molecular weight excluding hydrogens is 340 g/mol. The quantitative estimate of drug-likeness (QED) is 0.600. The Morgan fingerprint density at radius 3 is 2.52 bits per heavy atom. The lowest BCUT2D eigenvalue weighted by molar-refractivity contribution is -0.144. The number of aromatic nitrogens is 1. The number of pyridine rings is 1. The van der Waals surface area contributed by atoms with Gasteiger partial charge in [-0.15, -0.1) is 0 Å². The fraction of sp³-hybridized carbons (Fsp3) is 0.409. The molecule has 1 aromatic heterocycles. The smallest absolute Gasteiger partial charge is 0.307 e. The molecule has 144 valence electrons. The number of carbonyl (C=O) groups is 2. The number of esters is 1. The van der Waals surface area contributed by atoms with Crippen molar-refractivity contribution < 1.29 is 14.3 Å². The SMILES string of the molecule is CCOC(=O)CCN(Cc1ccccn1)C(=O)CCCc1ccc(C)cc1. The normalized spacial score (nSPS) is 10.4. The zero-order chi connectivity index (χ0) is 19.5. The number of hydrogen-bond donors (Lipinski definition) is 0. The molecule has 5 heteroatoms. The van der Waals surface area contributed by atoms with Crippen molar-refractivity contribution in [2.75, 3.05) is 13.2 Å². The van der Waals surface area contributed by atoms with Crippen LogP contribution in [-0.4, -0.2) is 34.9 Å². The Morgan fingerprint density at radius 2 is 1.85 bits per heavy atom. The monoisotopic (exact) mass is 368 g/mol. The average Bonchev–Trinajstić information content (AvgIpc) is 2.67. The van der Waals surface area contributed by atoms with Crippen LogP contribution in [0.25, 0.3) is 0 Å². The third-order valence-electron chi connectivity index (χ3n) is 4.30. The van der Waals surface area contributed by atoms with Crippen LogP contribution in [0.4, 0.5) is 0 Å². The lowest BCUT2D eigenvalue weighted by atomic mass is 10.1. The van der Waals surface area contributed by atoms with Gasteiger partial charge in [0, 0.05) is 19.2 Å². The molecule has 0 N–H and O–H groups in total. The summed E-state index contributed by atoms with van der Waals surface area (Å²) in [5, 5.41) is 0. The molecule has 0 radical (unpaired) electrons. The highest BCUT2D eigenvalue weighted by Gasteiger charge is 2.16. The summed E-state index contributed by atoms with van der Waals surface area (Å²) in [5.41, 5.74) is 3.28. The number of amides is 1. The first-order valence-corrected chi connectivity index (χ1v) is 9.47. The Bertz CT molecular complexity index is 714. The van der Waals surface area contributed by atoms with Crippen LogP contribution >= 0.6 is 0 Å². The first-order valence-electron chi connectivity index (χ1n) is 9.47. The lowest BCUT2D eigenvalue weighted by Gasteiger charge is -2.22. The average molecular weight is 368 g/mol. The highest BCUT2D eigenvalue weighted by Crippen LogP contribution is 2.11. The molecule has 0 aliphatic carbocycles. The highest BCUT2D eigenvalue weighted by molar-refractivity contribution is 5.77. The summed E-state index contributed by atoms with van der Waals surface area (Å²) in [4.78, 5) is 30.4. The third-order valence-corrected chi connectivity index (χ3v) is 4.30. The maximum absolute atomic E-state index is 12.7. The van der Waals surface area contributed by atoms with Crippen molar-refractivity contribution in [2.45, 2.75) is 46.1 Å². The molecule has 0 saturated heterocycles. The lowest BCUT2D eigenvalue weighted by Crippen LogP contribution is -2.33. The van der Waals surface area contributed by atoms with Crippen LogP contribution in [0.15, 0.2) is 48.7 Å². The van der Waals surface area contributed by atoms with E-state index in [4.69, 9.17) is 4.74 Å². The molecule has 0 unspecified atom stereocenters. The molecule has 0 bridgehead atoms. The molecule has 5 nitrogen and oxygen atoms in total. The number of carbonyl (C=O) groups excluding carboxylic acids is 2. The minimum absolute atomic E-state index is 0.0389. The van der Waals surface area contributed by atoms with Crippen molar-refractivity contribution in [1.82, 2.24) is 9.88 Å². The van der Waals surface area contributed by atoms with Gasteiger partial charge in [-0.05, 0) is 44.4 Å². The van der Waals surface area contributed by atoms with Gasteiger partial charge in [0.2, 0.25) is 5.91 Å². The first kappa shape index (κ1) is 20.6. The summed E-state index contributed by atoms with van der Waals surface area (Å²) in [6, 6.07) is 14.0. The minimum atomic E-state index is -0.282. The summed E-state index contributed by atoms with van der Waals surface area (Å²) in [7, 11) is 0. The van der Waals surface area contributed by atoms with Gasteiger partial charge in [0.25, 0.3) is 0 Å². The van der Waals surface area contributed by atoms with Crippen molar-refractivity contribution in [1.29, 1.82) is 0 Å². The van der Waals surface area contributed by atoms with Gasteiger partial charge in [-0.1, -0.05) is 35.9 Å². The molecule has 1 amide bonds. The Kier molecular flexibility index (Phi) is 8.49. The molecule has 0 atom stereocenters. The number of ether oxygens (including phenoxy) is 1. The molecule has 1 aromatic carbocycles. The zero-order valence-corrected chi connectivity index (χ0v) is 16.2. The molecule has 2 aromatic rings. The molecule has 0 spiro atoms. The van der Waals surface area contributed by atoms with Gasteiger partial charge in [-0.25, -0.2) is 0 Å². The Morgan fingerprint density at radius 1 is 1.07 bits per heavy atom. The zero-order valence-electron chi connectivity index (χ0n) is 16.2. The van der Waals surface area contributed by atoms with Crippen molar-refractivity contribution in [3.05, 3.63) is 65.5 Å². The summed E-state index contributed by atoms with van der Waals surface area (Å²) in [5.74, 6) is -0.243. The van der Waals surface area contributed by atoms with Crippen LogP contribution in [-0.2, 0) is 27.3 Å².